The molecule has 0 bridgehead atoms. The number of urea groups is 1. The molecule has 3 amide bonds. The molecule has 21 heavy (non-hydrogen) atoms. The van der Waals surface area contributed by atoms with Crippen LogP contribution in [0.25, 0.3) is 0 Å². The van der Waals surface area contributed by atoms with E-state index in [1.54, 1.807) is 38.1 Å². The summed E-state index contributed by atoms with van der Waals surface area (Å²) in [5.74, 6) is -1.16. The number of amides is 3. The van der Waals surface area contributed by atoms with Crippen molar-refractivity contribution in [3.63, 3.8) is 0 Å². The Hall–Kier alpha value is -2.57. The molecule has 1 rings (SSSR count). The molecule has 0 aromatic heterocycles. The van der Waals surface area contributed by atoms with Crippen LogP contribution in [0.15, 0.2) is 24.3 Å². The number of rotatable bonds is 5. The summed E-state index contributed by atoms with van der Waals surface area (Å²) in [7, 11) is 0. The van der Waals surface area contributed by atoms with Gasteiger partial charge in [0.05, 0.1) is 6.42 Å². The number of carbonyl (C=O) groups excluding carboxylic acids is 2. The molecule has 1 aromatic carbocycles. The summed E-state index contributed by atoms with van der Waals surface area (Å²) in [6.07, 6.45) is -0.179. The molecular weight excluding hydrogens is 274 g/mol. The Morgan fingerprint density at radius 1 is 1.05 bits per heavy atom. The normalized spacial score (nSPS) is 10.6. The summed E-state index contributed by atoms with van der Waals surface area (Å²) < 4.78 is 0. The van der Waals surface area contributed by atoms with Crippen LogP contribution in [0, 0.1) is 0 Å². The SMILES string of the molecule is CC(=O)Nc1ccc(NC(=O)NC(C)(C)CC(=O)O)cc1. The van der Waals surface area contributed by atoms with Gasteiger partial charge in [0, 0.05) is 23.8 Å². The third kappa shape index (κ3) is 6.42. The van der Waals surface area contributed by atoms with Gasteiger partial charge in [0.2, 0.25) is 5.91 Å². The Bertz CT molecular complexity index is 538. The highest BCUT2D eigenvalue weighted by molar-refractivity contribution is 5.91. The molecule has 7 nitrogen and oxygen atoms in total. The van der Waals surface area contributed by atoms with Crippen molar-refractivity contribution in [3.05, 3.63) is 24.3 Å². The highest BCUT2D eigenvalue weighted by Crippen LogP contribution is 2.14. The van der Waals surface area contributed by atoms with Gasteiger partial charge in [-0.15, -0.1) is 0 Å². The van der Waals surface area contributed by atoms with Crippen LogP contribution in [-0.2, 0) is 9.59 Å². The monoisotopic (exact) mass is 293 g/mol. The lowest BCUT2D eigenvalue weighted by Gasteiger charge is -2.24. The fourth-order valence-corrected chi connectivity index (χ4v) is 1.73. The lowest BCUT2D eigenvalue weighted by molar-refractivity contribution is -0.138. The molecule has 0 heterocycles. The van der Waals surface area contributed by atoms with Crippen LogP contribution in [-0.4, -0.2) is 28.6 Å². The van der Waals surface area contributed by atoms with E-state index >= 15 is 0 Å². The van der Waals surface area contributed by atoms with Gasteiger partial charge in [0.15, 0.2) is 0 Å². The second-order valence-electron chi connectivity index (χ2n) is 5.29. The predicted octanol–water partition coefficient (Wildman–Crippen LogP) is 2.02. The predicted molar refractivity (Wildman–Crippen MR) is 79.2 cm³/mol. The van der Waals surface area contributed by atoms with E-state index in [0.29, 0.717) is 11.4 Å². The maximum Gasteiger partial charge on any atom is 0.319 e. The first-order valence-corrected chi connectivity index (χ1v) is 6.36. The third-order valence-electron chi connectivity index (χ3n) is 2.51. The second kappa shape index (κ2) is 6.74. The number of anilines is 2. The third-order valence-corrected chi connectivity index (χ3v) is 2.51. The van der Waals surface area contributed by atoms with E-state index in [4.69, 9.17) is 5.11 Å². The van der Waals surface area contributed by atoms with Gasteiger partial charge in [-0.2, -0.15) is 0 Å². The van der Waals surface area contributed by atoms with E-state index in [-0.39, 0.29) is 12.3 Å². The van der Waals surface area contributed by atoms with Crippen molar-refractivity contribution in [1.82, 2.24) is 5.32 Å². The van der Waals surface area contributed by atoms with Crippen LogP contribution in [0.5, 0.6) is 0 Å². The maximum absolute atomic E-state index is 11.8. The van der Waals surface area contributed by atoms with E-state index in [2.05, 4.69) is 16.0 Å². The number of benzene rings is 1. The van der Waals surface area contributed by atoms with Crippen molar-refractivity contribution < 1.29 is 19.5 Å². The second-order valence-corrected chi connectivity index (χ2v) is 5.29. The van der Waals surface area contributed by atoms with E-state index in [9.17, 15) is 14.4 Å². The van der Waals surface area contributed by atoms with Gasteiger partial charge >= 0.3 is 12.0 Å². The standard InChI is InChI=1S/C14H19N3O4/c1-9(18)15-10-4-6-11(7-5-10)16-13(21)17-14(2,3)8-12(19)20/h4-7H,8H2,1-3H3,(H,15,18)(H,19,20)(H2,16,17,21). The molecule has 0 spiro atoms. The van der Waals surface area contributed by atoms with Crippen LogP contribution in [0.4, 0.5) is 16.2 Å². The number of carbonyl (C=O) groups is 3. The van der Waals surface area contributed by atoms with Gasteiger partial charge in [-0.1, -0.05) is 0 Å². The molecular formula is C14H19N3O4. The van der Waals surface area contributed by atoms with E-state index in [1.165, 1.54) is 6.92 Å². The lowest BCUT2D eigenvalue weighted by Crippen LogP contribution is -2.46. The molecule has 0 aliphatic carbocycles. The lowest BCUT2D eigenvalue weighted by atomic mass is 10.0. The number of hydrogen-bond acceptors (Lipinski definition) is 3. The first-order chi connectivity index (χ1) is 9.68. The molecule has 114 valence electrons. The maximum atomic E-state index is 11.8. The zero-order chi connectivity index (χ0) is 16.0. The number of carboxylic acid groups (broad SMARTS) is 1. The van der Waals surface area contributed by atoms with Gasteiger partial charge < -0.3 is 21.1 Å². The minimum atomic E-state index is -0.986. The molecule has 0 saturated heterocycles. The highest BCUT2D eigenvalue weighted by atomic mass is 16.4. The summed E-state index contributed by atoms with van der Waals surface area (Å²) in [6.45, 7) is 4.66. The fourth-order valence-electron chi connectivity index (χ4n) is 1.73. The zero-order valence-electron chi connectivity index (χ0n) is 12.2. The Labute approximate surface area is 122 Å². The van der Waals surface area contributed by atoms with Crippen molar-refractivity contribution in [2.45, 2.75) is 32.7 Å². The number of hydrogen-bond donors (Lipinski definition) is 4. The van der Waals surface area contributed by atoms with Gasteiger partial charge in [-0.05, 0) is 38.1 Å². The first kappa shape index (κ1) is 16.5. The topological polar surface area (TPSA) is 108 Å². The summed E-state index contributed by atoms with van der Waals surface area (Å²) in [5.41, 5.74) is 0.305. The summed E-state index contributed by atoms with van der Waals surface area (Å²) >= 11 is 0. The van der Waals surface area contributed by atoms with Gasteiger partial charge in [-0.25, -0.2) is 4.79 Å². The molecule has 1 aromatic rings. The Balaban J connectivity index is 2.58. The highest BCUT2D eigenvalue weighted by Gasteiger charge is 2.23. The van der Waals surface area contributed by atoms with Crippen LogP contribution in [0.1, 0.15) is 27.2 Å². The van der Waals surface area contributed by atoms with Crippen molar-refractivity contribution in [2.24, 2.45) is 0 Å². The smallest absolute Gasteiger partial charge is 0.319 e. The van der Waals surface area contributed by atoms with Crippen LogP contribution in [0.3, 0.4) is 0 Å². The van der Waals surface area contributed by atoms with Crippen molar-refractivity contribution in [1.29, 1.82) is 0 Å². The molecule has 0 radical (unpaired) electrons. The summed E-state index contributed by atoms with van der Waals surface area (Å²) in [5, 5.41) is 16.5. The molecule has 0 unspecified atom stereocenters. The minimum Gasteiger partial charge on any atom is -0.481 e. The molecule has 0 aliphatic rings. The van der Waals surface area contributed by atoms with Crippen molar-refractivity contribution in [3.8, 4) is 0 Å². The van der Waals surface area contributed by atoms with Crippen LogP contribution >= 0.6 is 0 Å². The fraction of sp³-hybridized carbons (Fsp3) is 0.357. The molecule has 0 aliphatic heterocycles. The number of carboxylic acids is 1. The average molecular weight is 293 g/mol. The molecule has 4 N–H and O–H groups in total. The van der Waals surface area contributed by atoms with Crippen molar-refractivity contribution in [2.75, 3.05) is 10.6 Å². The quantitative estimate of drug-likeness (QED) is 0.666. The number of aliphatic carboxylic acids is 1. The average Bonchev–Trinajstić information content (AvgIpc) is 2.28. The Morgan fingerprint density at radius 3 is 1.95 bits per heavy atom. The molecule has 0 saturated carbocycles. The van der Waals surface area contributed by atoms with E-state index in [1.807, 2.05) is 0 Å². The largest absolute Gasteiger partial charge is 0.481 e. The Kier molecular flexibility index (Phi) is 5.29. The van der Waals surface area contributed by atoms with Gasteiger partial charge in [0.1, 0.15) is 0 Å². The zero-order valence-corrected chi connectivity index (χ0v) is 12.2. The summed E-state index contributed by atoms with van der Waals surface area (Å²) in [6, 6.07) is 6.08. The van der Waals surface area contributed by atoms with Crippen LogP contribution < -0.4 is 16.0 Å². The van der Waals surface area contributed by atoms with E-state index < -0.39 is 17.5 Å². The van der Waals surface area contributed by atoms with Gasteiger partial charge in [0.25, 0.3) is 0 Å². The summed E-state index contributed by atoms with van der Waals surface area (Å²) in [4.78, 5) is 33.3. The Morgan fingerprint density at radius 2 is 1.52 bits per heavy atom. The molecule has 0 fully saturated rings. The van der Waals surface area contributed by atoms with Crippen LogP contribution in [0.2, 0.25) is 0 Å². The number of nitrogens with one attached hydrogen (secondary N) is 3. The van der Waals surface area contributed by atoms with E-state index in [0.717, 1.165) is 0 Å². The molecule has 7 heteroatoms. The van der Waals surface area contributed by atoms with Gasteiger partial charge in [-0.3, -0.25) is 9.59 Å². The van der Waals surface area contributed by atoms with Crippen molar-refractivity contribution >= 4 is 29.3 Å². The minimum absolute atomic E-state index is 0.177. The molecule has 0 atom stereocenters. The first-order valence-electron chi connectivity index (χ1n) is 6.36.